The molecule has 0 aliphatic carbocycles. The van der Waals surface area contributed by atoms with Gasteiger partial charge in [-0.3, -0.25) is 9.52 Å². The Hall–Kier alpha value is -2.93. The number of nitrogens with zero attached hydrogens (tertiary/aromatic N) is 2. The summed E-state index contributed by atoms with van der Waals surface area (Å²) < 4.78 is 28.8. The molecule has 3 rings (SSSR count). The van der Waals surface area contributed by atoms with Crippen molar-refractivity contribution in [1.82, 2.24) is 9.78 Å². The summed E-state index contributed by atoms with van der Waals surface area (Å²) in [6.45, 7) is 0. The van der Waals surface area contributed by atoms with Gasteiger partial charge in [-0.2, -0.15) is 5.10 Å². The lowest BCUT2D eigenvalue weighted by Crippen LogP contribution is -2.18. The zero-order valence-corrected chi connectivity index (χ0v) is 13.7. The number of hydrogen-bond acceptors (Lipinski definition) is 4. The molecule has 3 aromatic rings. The van der Waals surface area contributed by atoms with Gasteiger partial charge in [0.1, 0.15) is 0 Å². The van der Waals surface area contributed by atoms with Crippen molar-refractivity contribution >= 4 is 15.7 Å². The summed E-state index contributed by atoms with van der Waals surface area (Å²) in [5, 5.41) is 4.18. The van der Waals surface area contributed by atoms with Crippen LogP contribution < -0.4 is 10.3 Å². The molecule has 0 fully saturated rings. The van der Waals surface area contributed by atoms with Crippen LogP contribution in [0.5, 0.6) is 0 Å². The highest BCUT2D eigenvalue weighted by Gasteiger charge is 2.16. The lowest BCUT2D eigenvalue weighted by atomic mass is 10.1. The Bertz CT molecular complexity index is 1030. The third kappa shape index (κ3) is 3.21. The molecule has 6 nitrogen and oxygen atoms in total. The lowest BCUT2D eigenvalue weighted by molar-refractivity contribution is 0.601. The Balaban J connectivity index is 2.04. The normalized spacial score (nSPS) is 11.2. The van der Waals surface area contributed by atoms with Crippen LogP contribution in [0.25, 0.3) is 11.3 Å². The first-order valence-corrected chi connectivity index (χ1v) is 8.67. The third-order valence-electron chi connectivity index (χ3n) is 3.46. The van der Waals surface area contributed by atoms with Gasteiger partial charge in [0.25, 0.3) is 15.6 Å². The van der Waals surface area contributed by atoms with E-state index in [1.165, 1.54) is 22.9 Å². The zero-order valence-electron chi connectivity index (χ0n) is 12.9. The summed E-state index contributed by atoms with van der Waals surface area (Å²) in [7, 11) is -2.16. The molecular formula is C17H15N3O3S. The molecule has 2 aromatic carbocycles. The van der Waals surface area contributed by atoms with Gasteiger partial charge in [-0.1, -0.05) is 36.4 Å². The number of nitrogens with one attached hydrogen (secondary N) is 1. The first-order valence-electron chi connectivity index (χ1n) is 7.19. The molecule has 0 aliphatic heterocycles. The molecule has 0 radical (unpaired) electrons. The number of benzene rings is 2. The molecule has 0 aliphatic rings. The van der Waals surface area contributed by atoms with Crippen molar-refractivity contribution in [1.29, 1.82) is 0 Å². The first-order chi connectivity index (χ1) is 11.5. The van der Waals surface area contributed by atoms with Crippen LogP contribution in [0.15, 0.2) is 76.4 Å². The van der Waals surface area contributed by atoms with Gasteiger partial charge < -0.3 is 0 Å². The fourth-order valence-electron chi connectivity index (χ4n) is 2.24. The maximum atomic E-state index is 12.5. The van der Waals surface area contributed by atoms with Crippen LogP contribution in [0, 0.1) is 0 Å². The highest BCUT2D eigenvalue weighted by Crippen LogP contribution is 2.27. The van der Waals surface area contributed by atoms with Crippen LogP contribution in [-0.2, 0) is 17.1 Å². The van der Waals surface area contributed by atoms with Crippen molar-refractivity contribution < 1.29 is 8.42 Å². The monoisotopic (exact) mass is 341 g/mol. The van der Waals surface area contributed by atoms with E-state index in [2.05, 4.69) is 9.82 Å². The molecule has 0 saturated carbocycles. The Morgan fingerprint density at radius 3 is 2.29 bits per heavy atom. The fourth-order valence-corrected chi connectivity index (χ4v) is 3.35. The molecule has 1 aromatic heterocycles. The van der Waals surface area contributed by atoms with E-state index < -0.39 is 10.0 Å². The van der Waals surface area contributed by atoms with Gasteiger partial charge in [0.05, 0.1) is 16.3 Å². The predicted octanol–water partition coefficient (Wildman–Crippen LogP) is 2.25. The van der Waals surface area contributed by atoms with Crippen molar-refractivity contribution in [2.45, 2.75) is 4.90 Å². The summed E-state index contributed by atoms with van der Waals surface area (Å²) in [5.41, 5.74) is 1.25. The van der Waals surface area contributed by atoms with E-state index in [9.17, 15) is 13.2 Å². The number of aryl methyl sites for hydroxylation is 1. The Morgan fingerprint density at radius 2 is 1.58 bits per heavy atom. The molecule has 0 spiro atoms. The number of rotatable bonds is 4. The number of para-hydroxylation sites is 1. The molecule has 1 N–H and O–H groups in total. The number of sulfonamides is 1. The second kappa shape index (κ2) is 6.29. The molecule has 0 amide bonds. The summed E-state index contributed by atoms with van der Waals surface area (Å²) in [4.78, 5) is 11.7. The van der Waals surface area contributed by atoms with Crippen molar-refractivity contribution in [3.8, 4) is 11.3 Å². The molecule has 0 bridgehead atoms. The number of hydrogen-bond donors (Lipinski definition) is 1. The molecule has 7 heteroatoms. The van der Waals surface area contributed by atoms with Gasteiger partial charge in [-0.15, -0.1) is 0 Å². The van der Waals surface area contributed by atoms with Crippen molar-refractivity contribution in [3.63, 3.8) is 0 Å². The minimum atomic E-state index is -3.71. The van der Waals surface area contributed by atoms with Crippen LogP contribution in [0.4, 0.5) is 5.69 Å². The molecule has 0 atom stereocenters. The minimum absolute atomic E-state index is 0.174. The van der Waals surface area contributed by atoms with Gasteiger partial charge >= 0.3 is 0 Å². The molecule has 1 heterocycles. The van der Waals surface area contributed by atoms with Crippen LogP contribution in [0.1, 0.15) is 0 Å². The average molecular weight is 341 g/mol. The predicted molar refractivity (Wildman–Crippen MR) is 92.2 cm³/mol. The first kappa shape index (κ1) is 15.9. The summed E-state index contributed by atoms with van der Waals surface area (Å²) in [6, 6.07) is 18.0. The van der Waals surface area contributed by atoms with Crippen molar-refractivity contribution in [3.05, 3.63) is 77.1 Å². The third-order valence-corrected chi connectivity index (χ3v) is 4.84. The Morgan fingerprint density at radius 1 is 0.917 bits per heavy atom. The highest BCUT2D eigenvalue weighted by molar-refractivity contribution is 7.92. The van der Waals surface area contributed by atoms with E-state index in [0.29, 0.717) is 16.9 Å². The smallest absolute Gasteiger partial charge is 0.266 e. The van der Waals surface area contributed by atoms with Gasteiger partial charge in [-0.05, 0) is 24.3 Å². The summed E-state index contributed by atoms with van der Waals surface area (Å²) >= 11 is 0. The maximum Gasteiger partial charge on any atom is 0.266 e. The van der Waals surface area contributed by atoms with Crippen LogP contribution in [0.2, 0.25) is 0 Å². The SMILES string of the molecule is Cn1nc(-c2ccccc2NS(=O)(=O)c2ccccc2)ccc1=O. The Kier molecular flexibility index (Phi) is 4.18. The van der Waals surface area contributed by atoms with Crippen molar-refractivity contribution in [2.75, 3.05) is 4.72 Å². The quantitative estimate of drug-likeness (QED) is 0.789. The van der Waals surface area contributed by atoms with Crippen LogP contribution >= 0.6 is 0 Å². The van der Waals surface area contributed by atoms with E-state index in [1.54, 1.807) is 55.6 Å². The molecule has 0 unspecified atom stereocenters. The van der Waals surface area contributed by atoms with Gasteiger partial charge in [0, 0.05) is 18.7 Å². The number of aromatic nitrogens is 2. The summed E-state index contributed by atoms with van der Waals surface area (Å²) in [5.74, 6) is 0. The van der Waals surface area contributed by atoms with E-state index >= 15 is 0 Å². The van der Waals surface area contributed by atoms with Gasteiger partial charge in [0.15, 0.2) is 0 Å². The largest absolute Gasteiger partial charge is 0.279 e. The molecule has 0 saturated heterocycles. The molecular weight excluding hydrogens is 326 g/mol. The second-order valence-corrected chi connectivity index (χ2v) is 6.83. The topological polar surface area (TPSA) is 81.1 Å². The van der Waals surface area contributed by atoms with E-state index in [0.717, 1.165) is 0 Å². The summed E-state index contributed by atoms with van der Waals surface area (Å²) in [6.07, 6.45) is 0. The lowest BCUT2D eigenvalue weighted by Gasteiger charge is -2.12. The fraction of sp³-hybridized carbons (Fsp3) is 0.0588. The van der Waals surface area contributed by atoms with Gasteiger partial charge in [0.2, 0.25) is 0 Å². The van der Waals surface area contributed by atoms with E-state index in [4.69, 9.17) is 0 Å². The maximum absolute atomic E-state index is 12.5. The average Bonchev–Trinajstić information content (AvgIpc) is 2.58. The molecule has 24 heavy (non-hydrogen) atoms. The van der Waals surface area contributed by atoms with Crippen molar-refractivity contribution in [2.24, 2.45) is 7.05 Å². The minimum Gasteiger partial charge on any atom is -0.279 e. The Labute approximate surface area is 139 Å². The van der Waals surface area contributed by atoms with Crippen LogP contribution in [0.3, 0.4) is 0 Å². The number of anilines is 1. The van der Waals surface area contributed by atoms with Gasteiger partial charge in [-0.25, -0.2) is 13.1 Å². The zero-order chi connectivity index (χ0) is 17.2. The second-order valence-electron chi connectivity index (χ2n) is 5.14. The molecule has 122 valence electrons. The van der Waals surface area contributed by atoms with E-state index in [-0.39, 0.29) is 10.5 Å². The van der Waals surface area contributed by atoms with Crippen LogP contribution in [-0.4, -0.2) is 18.2 Å². The van der Waals surface area contributed by atoms with E-state index in [1.807, 2.05) is 0 Å². The standard InChI is InChI=1S/C17H15N3O3S/c1-20-17(21)12-11-15(18-20)14-9-5-6-10-16(14)19-24(22,23)13-7-3-2-4-8-13/h2-12,19H,1H3. The highest BCUT2D eigenvalue weighted by atomic mass is 32.2.